The molecule has 0 bridgehead atoms. The van der Waals surface area contributed by atoms with Crippen molar-refractivity contribution in [3.63, 3.8) is 0 Å². The van der Waals surface area contributed by atoms with E-state index < -0.39 is 11.5 Å². The summed E-state index contributed by atoms with van der Waals surface area (Å²) in [5.41, 5.74) is 1.26. The molecule has 30 heavy (non-hydrogen) atoms. The molecule has 2 amide bonds. The molecule has 2 aromatic carbocycles. The molecular formula is C21H13ClN2O4S2. The summed E-state index contributed by atoms with van der Waals surface area (Å²) in [6.45, 7) is -0.209. The van der Waals surface area contributed by atoms with Gasteiger partial charge >= 0.3 is 5.63 Å². The first kappa shape index (κ1) is 20.3. The minimum absolute atomic E-state index is 0.209. The highest BCUT2D eigenvalue weighted by Crippen LogP contribution is 2.32. The molecule has 0 unspecified atom stereocenters. The molecule has 1 aliphatic heterocycles. The van der Waals surface area contributed by atoms with E-state index in [1.807, 2.05) is 6.07 Å². The molecule has 0 spiro atoms. The normalized spacial score (nSPS) is 15.2. The molecule has 1 aliphatic rings. The van der Waals surface area contributed by atoms with E-state index in [9.17, 15) is 14.4 Å². The smallest absolute Gasteiger partial charge is 0.336 e. The number of halogens is 1. The number of nitrogens with one attached hydrogen (secondary N) is 1. The Morgan fingerprint density at radius 3 is 2.80 bits per heavy atom. The van der Waals surface area contributed by atoms with Crippen molar-refractivity contribution >= 4 is 74.4 Å². The van der Waals surface area contributed by atoms with Gasteiger partial charge in [-0.3, -0.25) is 14.5 Å². The monoisotopic (exact) mass is 456 g/mol. The lowest BCUT2D eigenvalue weighted by Crippen LogP contribution is -2.36. The van der Waals surface area contributed by atoms with Crippen molar-refractivity contribution in [2.75, 3.05) is 11.9 Å². The molecule has 150 valence electrons. The maximum atomic E-state index is 12.7. The van der Waals surface area contributed by atoms with E-state index in [1.54, 1.807) is 48.5 Å². The van der Waals surface area contributed by atoms with Gasteiger partial charge in [0.1, 0.15) is 16.4 Å². The lowest BCUT2D eigenvalue weighted by Gasteiger charge is -2.14. The molecule has 0 saturated carbocycles. The van der Waals surface area contributed by atoms with Gasteiger partial charge in [-0.2, -0.15) is 0 Å². The van der Waals surface area contributed by atoms with E-state index in [1.165, 1.54) is 11.0 Å². The van der Waals surface area contributed by atoms with E-state index in [2.05, 4.69) is 5.32 Å². The summed E-state index contributed by atoms with van der Waals surface area (Å²) in [6.07, 6.45) is 1.69. The third-order valence-corrected chi connectivity index (χ3v) is 5.84. The number of thiocarbonyl (C=S) groups is 1. The van der Waals surface area contributed by atoms with Crippen LogP contribution in [0.25, 0.3) is 17.0 Å². The molecule has 0 atom stereocenters. The first-order valence-electron chi connectivity index (χ1n) is 8.74. The standard InChI is InChI=1S/C21H13ClN2O4S2/c22-14-3-1-2-12(8-14)9-17-20(27)24(21(29)30-17)11-18(25)23-15-5-6-16-13(10-15)4-7-19(26)28-16/h1-10H,11H2,(H,23,25)/b17-9-. The van der Waals surface area contributed by atoms with Crippen molar-refractivity contribution < 1.29 is 14.0 Å². The Balaban J connectivity index is 1.46. The van der Waals surface area contributed by atoms with Gasteiger partial charge in [-0.1, -0.05) is 47.7 Å². The maximum Gasteiger partial charge on any atom is 0.336 e. The van der Waals surface area contributed by atoms with Crippen molar-refractivity contribution in [1.82, 2.24) is 4.90 Å². The highest BCUT2D eigenvalue weighted by atomic mass is 35.5. The second-order valence-corrected chi connectivity index (χ2v) is 8.49. The molecule has 0 aliphatic carbocycles. The molecule has 6 nitrogen and oxygen atoms in total. The molecule has 1 saturated heterocycles. The summed E-state index contributed by atoms with van der Waals surface area (Å²) in [4.78, 5) is 38.1. The summed E-state index contributed by atoms with van der Waals surface area (Å²) in [6, 6.07) is 14.9. The average molecular weight is 457 g/mol. The summed E-state index contributed by atoms with van der Waals surface area (Å²) in [5.74, 6) is -0.729. The first-order chi connectivity index (χ1) is 14.4. The Hall–Kier alpha value is -2.94. The molecule has 2 heterocycles. The fourth-order valence-corrected chi connectivity index (χ4v) is 4.33. The number of rotatable bonds is 4. The summed E-state index contributed by atoms with van der Waals surface area (Å²) in [7, 11) is 0. The molecule has 1 aromatic heterocycles. The minimum Gasteiger partial charge on any atom is -0.423 e. The SMILES string of the molecule is O=C(CN1C(=O)/C(=C/c2cccc(Cl)c2)SC1=S)Nc1ccc2oc(=O)ccc2c1. The zero-order valence-corrected chi connectivity index (χ0v) is 17.6. The van der Waals surface area contributed by atoms with Crippen molar-refractivity contribution in [1.29, 1.82) is 0 Å². The van der Waals surface area contributed by atoms with Gasteiger partial charge < -0.3 is 9.73 Å². The van der Waals surface area contributed by atoms with E-state index >= 15 is 0 Å². The second-order valence-electron chi connectivity index (χ2n) is 6.38. The van der Waals surface area contributed by atoms with E-state index in [0.717, 1.165) is 17.3 Å². The van der Waals surface area contributed by atoms with Gasteiger partial charge in [-0.05, 0) is 48.0 Å². The van der Waals surface area contributed by atoms with Crippen LogP contribution in [0.1, 0.15) is 5.56 Å². The third kappa shape index (κ3) is 4.46. The third-order valence-electron chi connectivity index (χ3n) is 4.22. The number of thioether (sulfide) groups is 1. The van der Waals surface area contributed by atoms with Gasteiger partial charge in [0.15, 0.2) is 0 Å². The number of hydrogen-bond acceptors (Lipinski definition) is 6. The van der Waals surface area contributed by atoms with Gasteiger partial charge in [-0.25, -0.2) is 4.79 Å². The van der Waals surface area contributed by atoms with Gasteiger partial charge in [0.2, 0.25) is 5.91 Å². The zero-order valence-electron chi connectivity index (χ0n) is 15.3. The average Bonchev–Trinajstić information content (AvgIpc) is 2.95. The number of anilines is 1. The number of carbonyl (C=O) groups excluding carboxylic acids is 2. The zero-order chi connectivity index (χ0) is 21.3. The van der Waals surface area contributed by atoms with Crippen molar-refractivity contribution in [2.45, 2.75) is 0 Å². The Bertz CT molecular complexity index is 1290. The van der Waals surface area contributed by atoms with Crippen LogP contribution < -0.4 is 10.9 Å². The minimum atomic E-state index is -0.445. The van der Waals surface area contributed by atoms with Crippen molar-refractivity contribution in [3.8, 4) is 0 Å². The van der Waals surface area contributed by atoms with E-state index in [0.29, 0.717) is 30.9 Å². The van der Waals surface area contributed by atoms with Gasteiger partial charge in [0.25, 0.3) is 5.91 Å². The number of amides is 2. The van der Waals surface area contributed by atoms with Crippen LogP contribution >= 0.6 is 35.6 Å². The Morgan fingerprint density at radius 2 is 2.00 bits per heavy atom. The summed E-state index contributed by atoms with van der Waals surface area (Å²) >= 11 is 12.4. The Kier molecular flexibility index (Phi) is 5.72. The van der Waals surface area contributed by atoms with Crippen LogP contribution in [0.3, 0.4) is 0 Å². The molecule has 0 radical (unpaired) electrons. The molecule has 9 heteroatoms. The summed E-state index contributed by atoms with van der Waals surface area (Å²) in [5, 5.41) is 3.96. The predicted octanol–water partition coefficient (Wildman–Crippen LogP) is 4.29. The molecule has 4 rings (SSSR count). The largest absolute Gasteiger partial charge is 0.423 e. The summed E-state index contributed by atoms with van der Waals surface area (Å²) < 4.78 is 5.38. The van der Waals surface area contributed by atoms with Crippen LogP contribution in [-0.2, 0) is 9.59 Å². The van der Waals surface area contributed by atoms with Crippen LogP contribution in [0.15, 0.2) is 68.7 Å². The highest BCUT2D eigenvalue weighted by molar-refractivity contribution is 8.26. The lowest BCUT2D eigenvalue weighted by molar-refractivity contribution is -0.126. The topological polar surface area (TPSA) is 79.6 Å². The lowest BCUT2D eigenvalue weighted by atomic mass is 10.2. The molecule has 1 N–H and O–H groups in total. The Labute approximate surface area is 185 Å². The van der Waals surface area contributed by atoms with Crippen molar-refractivity contribution in [3.05, 3.63) is 80.5 Å². The number of nitrogens with zero attached hydrogens (tertiary/aromatic N) is 1. The van der Waals surface area contributed by atoms with Crippen LogP contribution in [0.4, 0.5) is 5.69 Å². The van der Waals surface area contributed by atoms with E-state index in [-0.39, 0.29) is 12.5 Å². The highest BCUT2D eigenvalue weighted by Gasteiger charge is 2.33. The predicted molar refractivity (Wildman–Crippen MR) is 122 cm³/mol. The number of hydrogen-bond donors (Lipinski definition) is 1. The number of benzene rings is 2. The van der Waals surface area contributed by atoms with Gasteiger partial charge in [-0.15, -0.1) is 0 Å². The fourth-order valence-electron chi connectivity index (χ4n) is 2.88. The van der Waals surface area contributed by atoms with Crippen molar-refractivity contribution in [2.24, 2.45) is 0 Å². The van der Waals surface area contributed by atoms with Crippen LogP contribution in [0.2, 0.25) is 5.02 Å². The van der Waals surface area contributed by atoms with Crippen LogP contribution in [0.5, 0.6) is 0 Å². The molecular weight excluding hydrogens is 444 g/mol. The van der Waals surface area contributed by atoms with Gasteiger partial charge in [0.05, 0.1) is 4.91 Å². The number of fused-ring (bicyclic) bond motifs is 1. The van der Waals surface area contributed by atoms with Crippen LogP contribution in [0, 0.1) is 0 Å². The Morgan fingerprint density at radius 1 is 1.17 bits per heavy atom. The molecule has 1 fully saturated rings. The molecule has 3 aromatic rings. The van der Waals surface area contributed by atoms with Crippen LogP contribution in [-0.4, -0.2) is 27.6 Å². The quantitative estimate of drug-likeness (QED) is 0.358. The van der Waals surface area contributed by atoms with E-state index in [4.69, 9.17) is 28.2 Å². The van der Waals surface area contributed by atoms with Gasteiger partial charge in [0, 0.05) is 22.2 Å². The second kappa shape index (κ2) is 8.43. The maximum absolute atomic E-state index is 12.7. The fraction of sp³-hybridized carbons (Fsp3) is 0.0476. The number of carbonyl (C=O) groups is 2. The first-order valence-corrected chi connectivity index (χ1v) is 10.3.